The maximum atomic E-state index is 11.3. The Balaban J connectivity index is 2.36. The minimum absolute atomic E-state index is 0.00206. The van der Waals surface area contributed by atoms with Crippen LogP contribution >= 0.6 is 0 Å². The zero-order valence-electron chi connectivity index (χ0n) is 16.3. The molecule has 2 aromatic rings. The van der Waals surface area contributed by atoms with E-state index < -0.39 is 20.2 Å². The molecular formula is C19H26O7S2. The van der Waals surface area contributed by atoms with Crippen LogP contribution in [0.2, 0.25) is 0 Å². The van der Waals surface area contributed by atoms with Gasteiger partial charge < -0.3 is 4.74 Å². The van der Waals surface area contributed by atoms with Crippen molar-refractivity contribution in [3.05, 3.63) is 41.5 Å². The largest absolute Gasteiger partial charge is 0.494 e. The second kappa shape index (κ2) is 9.69. The lowest BCUT2D eigenvalue weighted by Gasteiger charge is -2.15. The number of hydrogen-bond donors (Lipinski definition) is 0. The van der Waals surface area contributed by atoms with Gasteiger partial charge in [-0.2, -0.15) is 16.8 Å². The molecule has 0 saturated heterocycles. The Labute approximate surface area is 166 Å². The van der Waals surface area contributed by atoms with Gasteiger partial charge in [0.25, 0.3) is 20.2 Å². The molecule has 9 heteroatoms. The molecule has 2 rings (SSSR count). The molecule has 0 aromatic heterocycles. The van der Waals surface area contributed by atoms with E-state index in [4.69, 9.17) is 13.1 Å². The van der Waals surface area contributed by atoms with Crippen LogP contribution in [0.5, 0.6) is 5.75 Å². The third-order valence-corrected chi connectivity index (χ3v) is 5.18. The second-order valence-corrected chi connectivity index (χ2v) is 9.77. The monoisotopic (exact) mass is 430 g/mol. The normalized spacial score (nSPS) is 12.4. The Morgan fingerprint density at radius 2 is 1.43 bits per heavy atom. The SMILES string of the molecule is CCCOc1ccc2ccc(CCOS(C)(=O)=O)c(CCOS(C)(=O)=O)c2c1. The third kappa shape index (κ3) is 7.38. The number of rotatable bonds is 11. The maximum absolute atomic E-state index is 11.3. The van der Waals surface area contributed by atoms with E-state index in [1.165, 1.54) is 0 Å². The standard InChI is InChI=1S/C19H26O7S2/c1-4-11-24-17-8-7-15-5-6-16(9-12-25-27(2,20)21)18(19(15)14-17)10-13-26-28(3,22)23/h5-8,14H,4,9-13H2,1-3H3. The summed E-state index contributed by atoms with van der Waals surface area (Å²) in [4.78, 5) is 0. The quantitative estimate of drug-likeness (QED) is 0.506. The van der Waals surface area contributed by atoms with Crippen LogP contribution in [0.15, 0.2) is 30.3 Å². The summed E-state index contributed by atoms with van der Waals surface area (Å²) in [5, 5.41) is 1.90. The fourth-order valence-electron chi connectivity index (χ4n) is 2.84. The van der Waals surface area contributed by atoms with E-state index in [9.17, 15) is 16.8 Å². The summed E-state index contributed by atoms with van der Waals surface area (Å²) in [5.74, 6) is 0.726. The molecule has 0 amide bonds. The average Bonchev–Trinajstić information content (AvgIpc) is 2.59. The van der Waals surface area contributed by atoms with Crippen LogP contribution in [0.3, 0.4) is 0 Å². The van der Waals surface area contributed by atoms with Crippen molar-refractivity contribution in [2.45, 2.75) is 26.2 Å². The number of hydrogen-bond acceptors (Lipinski definition) is 7. The van der Waals surface area contributed by atoms with E-state index in [0.717, 1.165) is 46.6 Å². The summed E-state index contributed by atoms with van der Waals surface area (Å²) in [5.41, 5.74) is 1.76. The van der Waals surface area contributed by atoms with Gasteiger partial charge in [0.1, 0.15) is 5.75 Å². The first-order valence-corrected chi connectivity index (χ1v) is 12.6. The first kappa shape index (κ1) is 22.6. The molecule has 7 nitrogen and oxygen atoms in total. The molecule has 0 heterocycles. The van der Waals surface area contributed by atoms with Gasteiger partial charge in [0.2, 0.25) is 0 Å². The Hall–Kier alpha value is -1.68. The van der Waals surface area contributed by atoms with Crippen molar-refractivity contribution in [3.63, 3.8) is 0 Å². The molecule has 0 aliphatic rings. The summed E-state index contributed by atoms with van der Waals surface area (Å²) in [7, 11) is -7.07. The third-order valence-electron chi connectivity index (χ3n) is 3.99. The minimum atomic E-state index is -3.55. The van der Waals surface area contributed by atoms with Gasteiger partial charge in [-0.3, -0.25) is 8.37 Å². The average molecular weight is 431 g/mol. The Morgan fingerprint density at radius 3 is 2.04 bits per heavy atom. The van der Waals surface area contributed by atoms with Gasteiger partial charge in [0.05, 0.1) is 32.3 Å². The Morgan fingerprint density at radius 1 is 0.821 bits per heavy atom. The van der Waals surface area contributed by atoms with Gasteiger partial charge in [-0.05, 0) is 53.3 Å². The predicted octanol–water partition coefficient (Wildman–Crippen LogP) is 2.67. The van der Waals surface area contributed by atoms with E-state index in [1.807, 2.05) is 37.3 Å². The van der Waals surface area contributed by atoms with Crippen LogP contribution in [0.1, 0.15) is 24.5 Å². The molecule has 0 aliphatic carbocycles. The predicted molar refractivity (Wildman–Crippen MR) is 109 cm³/mol. The van der Waals surface area contributed by atoms with E-state index in [2.05, 4.69) is 0 Å². The van der Waals surface area contributed by atoms with Crippen LogP contribution in [0.25, 0.3) is 10.8 Å². The molecule has 0 saturated carbocycles. The second-order valence-electron chi connectivity index (χ2n) is 6.49. The Kier molecular flexibility index (Phi) is 7.82. The lowest BCUT2D eigenvalue weighted by atomic mass is 9.95. The minimum Gasteiger partial charge on any atom is -0.494 e. The van der Waals surface area contributed by atoms with Crippen molar-refractivity contribution in [1.29, 1.82) is 0 Å². The summed E-state index contributed by atoms with van der Waals surface area (Å²) in [6.07, 6.45) is 3.63. The first-order valence-electron chi connectivity index (χ1n) is 8.95. The van der Waals surface area contributed by atoms with Crippen molar-refractivity contribution < 1.29 is 29.9 Å². The van der Waals surface area contributed by atoms with E-state index in [-0.39, 0.29) is 13.2 Å². The highest BCUT2D eigenvalue weighted by atomic mass is 32.2. The van der Waals surface area contributed by atoms with Gasteiger partial charge in [-0.15, -0.1) is 0 Å². The number of fused-ring (bicyclic) bond motifs is 1. The van der Waals surface area contributed by atoms with Crippen LogP contribution < -0.4 is 4.74 Å². The Bertz CT molecular complexity index is 1010. The van der Waals surface area contributed by atoms with Crippen LogP contribution in [0, 0.1) is 0 Å². The summed E-state index contributed by atoms with van der Waals surface area (Å²) >= 11 is 0. The van der Waals surface area contributed by atoms with E-state index in [0.29, 0.717) is 19.4 Å². The summed E-state index contributed by atoms with van der Waals surface area (Å²) in [6.45, 7) is 2.63. The molecule has 0 spiro atoms. The molecular weight excluding hydrogens is 404 g/mol. The molecule has 0 fully saturated rings. The van der Waals surface area contributed by atoms with E-state index in [1.54, 1.807) is 0 Å². The fourth-order valence-corrected chi connectivity index (χ4v) is 3.62. The zero-order chi connectivity index (χ0) is 20.8. The topological polar surface area (TPSA) is 96.0 Å². The molecule has 156 valence electrons. The van der Waals surface area contributed by atoms with Crippen LogP contribution in [0.4, 0.5) is 0 Å². The molecule has 28 heavy (non-hydrogen) atoms. The lowest BCUT2D eigenvalue weighted by Crippen LogP contribution is -2.10. The number of benzene rings is 2. The maximum Gasteiger partial charge on any atom is 0.264 e. The van der Waals surface area contributed by atoms with Gasteiger partial charge in [-0.1, -0.05) is 25.1 Å². The highest BCUT2D eigenvalue weighted by Crippen LogP contribution is 2.28. The molecule has 0 bridgehead atoms. The van der Waals surface area contributed by atoms with Crippen molar-refractivity contribution >= 4 is 31.0 Å². The molecule has 2 aromatic carbocycles. The molecule has 0 radical (unpaired) electrons. The van der Waals surface area contributed by atoms with Gasteiger partial charge >= 0.3 is 0 Å². The molecule has 0 aliphatic heterocycles. The summed E-state index contributed by atoms with van der Waals surface area (Å²) < 4.78 is 60.5. The highest BCUT2D eigenvalue weighted by molar-refractivity contribution is 7.86. The molecule has 0 atom stereocenters. The van der Waals surface area contributed by atoms with Crippen molar-refractivity contribution in [1.82, 2.24) is 0 Å². The van der Waals surface area contributed by atoms with Crippen LogP contribution in [-0.2, 0) is 41.4 Å². The first-order chi connectivity index (χ1) is 13.1. The van der Waals surface area contributed by atoms with E-state index >= 15 is 0 Å². The summed E-state index contributed by atoms with van der Waals surface area (Å²) in [6, 6.07) is 9.59. The molecule has 0 N–H and O–H groups in total. The van der Waals surface area contributed by atoms with Crippen LogP contribution in [-0.4, -0.2) is 49.2 Å². The highest BCUT2D eigenvalue weighted by Gasteiger charge is 2.12. The lowest BCUT2D eigenvalue weighted by molar-refractivity contribution is 0.317. The van der Waals surface area contributed by atoms with Crippen molar-refractivity contribution in [3.8, 4) is 5.75 Å². The van der Waals surface area contributed by atoms with Gasteiger partial charge in [-0.25, -0.2) is 0 Å². The van der Waals surface area contributed by atoms with Gasteiger partial charge in [0, 0.05) is 0 Å². The number of ether oxygens (including phenoxy) is 1. The molecule has 0 unspecified atom stereocenters. The smallest absolute Gasteiger partial charge is 0.264 e. The van der Waals surface area contributed by atoms with Crippen molar-refractivity contribution in [2.75, 3.05) is 32.3 Å². The fraction of sp³-hybridized carbons (Fsp3) is 0.474. The zero-order valence-corrected chi connectivity index (χ0v) is 17.9. The van der Waals surface area contributed by atoms with Gasteiger partial charge in [0.15, 0.2) is 0 Å². The van der Waals surface area contributed by atoms with Crippen molar-refractivity contribution in [2.24, 2.45) is 0 Å².